The van der Waals surface area contributed by atoms with Crippen molar-refractivity contribution in [2.45, 2.75) is 32.2 Å². The fourth-order valence-corrected chi connectivity index (χ4v) is 2.44. The first-order chi connectivity index (χ1) is 8.77. The zero-order valence-electron chi connectivity index (χ0n) is 11.5. The number of carbonyl (C=O) groups excluding carboxylic acids is 1. The van der Waals surface area contributed by atoms with E-state index in [2.05, 4.69) is 36.5 Å². The third-order valence-corrected chi connectivity index (χ3v) is 3.52. The Morgan fingerprint density at radius 1 is 1.37 bits per heavy atom. The molecular weight excluding hydrogens is 260 g/mol. The summed E-state index contributed by atoms with van der Waals surface area (Å²) in [6.45, 7) is 4.81. The van der Waals surface area contributed by atoms with E-state index in [1.165, 1.54) is 5.56 Å². The fraction of sp³-hybridized carbons (Fsp3) is 0.533. The third kappa shape index (κ3) is 4.84. The van der Waals surface area contributed by atoms with Crippen LogP contribution in [0.4, 0.5) is 0 Å². The molecule has 2 rings (SSSR count). The van der Waals surface area contributed by atoms with Gasteiger partial charge in [-0.2, -0.15) is 0 Å². The molecule has 0 aromatic heterocycles. The second-order valence-corrected chi connectivity index (χ2v) is 4.98. The van der Waals surface area contributed by atoms with Crippen molar-refractivity contribution in [3.8, 4) is 0 Å². The minimum Gasteiger partial charge on any atom is -0.337 e. The average molecular weight is 283 g/mol. The number of rotatable bonds is 4. The molecule has 1 saturated heterocycles. The second-order valence-electron chi connectivity index (χ2n) is 4.98. The van der Waals surface area contributed by atoms with Crippen LogP contribution in [0, 0.1) is 0 Å². The van der Waals surface area contributed by atoms with Crippen molar-refractivity contribution < 1.29 is 4.79 Å². The molecule has 1 aromatic carbocycles. The monoisotopic (exact) mass is 282 g/mol. The van der Waals surface area contributed by atoms with Gasteiger partial charge in [0.25, 0.3) is 0 Å². The van der Waals surface area contributed by atoms with Gasteiger partial charge in [0.05, 0.1) is 0 Å². The number of nitrogens with zero attached hydrogens (tertiary/aromatic N) is 1. The number of hydrogen-bond acceptors (Lipinski definition) is 2. The standard InChI is InChI=1S/C15H22N2O.ClH/c1-13-12-16-10-11-17(13)15(18)9-5-8-14-6-3-2-4-7-14;/h2-4,6-7,13,16H,5,8-12H2,1H3;1H. The van der Waals surface area contributed by atoms with E-state index in [-0.39, 0.29) is 12.4 Å². The van der Waals surface area contributed by atoms with E-state index in [9.17, 15) is 4.79 Å². The molecule has 19 heavy (non-hydrogen) atoms. The summed E-state index contributed by atoms with van der Waals surface area (Å²) < 4.78 is 0. The summed E-state index contributed by atoms with van der Waals surface area (Å²) in [5, 5.41) is 3.31. The van der Waals surface area contributed by atoms with E-state index in [0.717, 1.165) is 32.5 Å². The van der Waals surface area contributed by atoms with E-state index < -0.39 is 0 Å². The Morgan fingerprint density at radius 2 is 2.11 bits per heavy atom. The Bertz CT molecular complexity index is 383. The van der Waals surface area contributed by atoms with Gasteiger partial charge in [-0.15, -0.1) is 12.4 Å². The zero-order valence-corrected chi connectivity index (χ0v) is 12.3. The van der Waals surface area contributed by atoms with Crippen LogP contribution in [0.1, 0.15) is 25.3 Å². The summed E-state index contributed by atoms with van der Waals surface area (Å²) in [7, 11) is 0. The summed E-state index contributed by atoms with van der Waals surface area (Å²) >= 11 is 0. The molecule has 1 N–H and O–H groups in total. The topological polar surface area (TPSA) is 32.3 Å². The molecule has 0 aliphatic carbocycles. The Hall–Kier alpha value is -1.06. The normalized spacial score (nSPS) is 18.8. The summed E-state index contributed by atoms with van der Waals surface area (Å²) in [6.07, 6.45) is 2.60. The Balaban J connectivity index is 0.00000180. The molecule has 1 heterocycles. The largest absolute Gasteiger partial charge is 0.337 e. The SMILES string of the molecule is CC1CNCCN1C(=O)CCCc1ccccc1.Cl. The van der Waals surface area contributed by atoms with Crippen molar-refractivity contribution in [1.82, 2.24) is 10.2 Å². The van der Waals surface area contributed by atoms with Crippen LogP contribution in [0.15, 0.2) is 30.3 Å². The molecule has 0 saturated carbocycles. The first kappa shape index (κ1) is 16.0. The lowest BCUT2D eigenvalue weighted by Gasteiger charge is -2.34. The van der Waals surface area contributed by atoms with Crippen LogP contribution in [0.2, 0.25) is 0 Å². The molecule has 1 aromatic rings. The van der Waals surface area contributed by atoms with E-state index in [0.29, 0.717) is 18.4 Å². The molecular formula is C15H23ClN2O. The zero-order chi connectivity index (χ0) is 12.8. The number of nitrogens with one attached hydrogen (secondary N) is 1. The fourth-order valence-electron chi connectivity index (χ4n) is 2.44. The molecule has 1 unspecified atom stereocenters. The highest BCUT2D eigenvalue weighted by Crippen LogP contribution is 2.09. The molecule has 106 valence electrons. The molecule has 1 amide bonds. The van der Waals surface area contributed by atoms with Gasteiger partial charge in [0.1, 0.15) is 0 Å². The lowest BCUT2D eigenvalue weighted by molar-refractivity contribution is -0.134. The molecule has 4 heteroatoms. The van der Waals surface area contributed by atoms with Gasteiger partial charge >= 0.3 is 0 Å². The number of aryl methyl sites for hydroxylation is 1. The predicted octanol–water partition coefficient (Wildman–Crippen LogP) is 2.25. The van der Waals surface area contributed by atoms with Crippen LogP contribution >= 0.6 is 12.4 Å². The van der Waals surface area contributed by atoms with E-state index in [4.69, 9.17) is 0 Å². The number of halogens is 1. The lowest BCUT2D eigenvalue weighted by Crippen LogP contribution is -2.52. The summed E-state index contributed by atoms with van der Waals surface area (Å²) in [4.78, 5) is 14.1. The highest BCUT2D eigenvalue weighted by Gasteiger charge is 2.21. The van der Waals surface area contributed by atoms with Gasteiger partial charge in [-0.1, -0.05) is 30.3 Å². The molecule has 3 nitrogen and oxygen atoms in total. The lowest BCUT2D eigenvalue weighted by atomic mass is 10.1. The van der Waals surface area contributed by atoms with Crippen LogP contribution in [-0.2, 0) is 11.2 Å². The number of benzene rings is 1. The highest BCUT2D eigenvalue weighted by molar-refractivity contribution is 5.85. The predicted molar refractivity (Wildman–Crippen MR) is 80.7 cm³/mol. The van der Waals surface area contributed by atoms with E-state index >= 15 is 0 Å². The first-order valence-corrected chi connectivity index (χ1v) is 6.81. The number of hydrogen-bond donors (Lipinski definition) is 1. The van der Waals surface area contributed by atoms with Crippen molar-refractivity contribution in [2.24, 2.45) is 0 Å². The number of amides is 1. The minimum atomic E-state index is 0. The average Bonchev–Trinajstić information content (AvgIpc) is 2.40. The molecule has 0 bridgehead atoms. The molecule has 1 aliphatic rings. The van der Waals surface area contributed by atoms with Crippen molar-refractivity contribution in [1.29, 1.82) is 0 Å². The van der Waals surface area contributed by atoms with Gasteiger partial charge in [0.2, 0.25) is 5.91 Å². The quantitative estimate of drug-likeness (QED) is 0.919. The van der Waals surface area contributed by atoms with Crippen LogP contribution in [0.25, 0.3) is 0 Å². The summed E-state index contributed by atoms with van der Waals surface area (Å²) in [5.74, 6) is 0.305. The van der Waals surface area contributed by atoms with Crippen molar-refractivity contribution >= 4 is 18.3 Å². The molecule has 0 radical (unpaired) electrons. The summed E-state index contributed by atoms with van der Waals surface area (Å²) in [6, 6.07) is 10.7. The molecule has 1 atom stereocenters. The van der Waals surface area contributed by atoms with Gasteiger partial charge in [-0.3, -0.25) is 4.79 Å². The van der Waals surface area contributed by atoms with Crippen molar-refractivity contribution in [3.63, 3.8) is 0 Å². The Labute approximate surface area is 121 Å². The highest BCUT2D eigenvalue weighted by atomic mass is 35.5. The third-order valence-electron chi connectivity index (χ3n) is 3.52. The van der Waals surface area contributed by atoms with Gasteiger partial charge in [-0.05, 0) is 25.3 Å². The van der Waals surface area contributed by atoms with Crippen LogP contribution in [0.3, 0.4) is 0 Å². The van der Waals surface area contributed by atoms with Gasteiger partial charge in [0.15, 0.2) is 0 Å². The van der Waals surface area contributed by atoms with Crippen LogP contribution in [0.5, 0.6) is 0 Å². The molecule has 1 aliphatic heterocycles. The maximum atomic E-state index is 12.1. The molecule has 1 fully saturated rings. The minimum absolute atomic E-state index is 0. The molecule has 0 spiro atoms. The maximum Gasteiger partial charge on any atom is 0.222 e. The van der Waals surface area contributed by atoms with Crippen LogP contribution in [-0.4, -0.2) is 36.5 Å². The maximum absolute atomic E-state index is 12.1. The first-order valence-electron chi connectivity index (χ1n) is 6.81. The van der Waals surface area contributed by atoms with Crippen LogP contribution < -0.4 is 5.32 Å². The van der Waals surface area contributed by atoms with Gasteiger partial charge in [-0.25, -0.2) is 0 Å². The number of carbonyl (C=O) groups is 1. The smallest absolute Gasteiger partial charge is 0.222 e. The second kappa shape index (κ2) is 8.18. The van der Waals surface area contributed by atoms with Gasteiger partial charge < -0.3 is 10.2 Å². The Morgan fingerprint density at radius 3 is 2.79 bits per heavy atom. The number of piperazine rings is 1. The van der Waals surface area contributed by atoms with Crippen molar-refractivity contribution in [3.05, 3.63) is 35.9 Å². The summed E-state index contributed by atoms with van der Waals surface area (Å²) in [5.41, 5.74) is 1.32. The Kier molecular flexibility index (Phi) is 6.89. The van der Waals surface area contributed by atoms with E-state index in [1.54, 1.807) is 0 Å². The van der Waals surface area contributed by atoms with Gasteiger partial charge in [0, 0.05) is 32.1 Å². The van der Waals surface area contributed by atoms with Crippen molar-refractivity contribution in [2.75, 3.05) is 19.6 Å². The van der Waals surface area contributed by atoms with E-state index in [1.807, 2.05) is 11.0 Å².